The minimum Gasteiger partial charge on any atom is -0.486 e. The maximum atomic E-state index is 12.8. The van der Waals surface area contributed by atoms with E-state index in [1.54, 1.807) is 12.1 Å². The zero-order chi connectivity index (χ0) is 26.3. The molecule has 3 N–H and O–H groups in total. The number of carbonyl (C=O) groups is 2. The Bertz CT molecular complexity index is 1290. The SMILES string of the molecule is COc1cc(NC(=O)N[C@@H]2CCC(NC(=O)OCc3ccccc3)C2)cc(-c2cccc3c2OCCO3)n1. The third kappa shape index (κ3) is 6.26. The summed E-state index contributed by atoms with van der Waals surface area (Å²) in [6.07, 6.45) is 1.65. The number of pyridine rings is 1. The minimum absolute atomic E-state index is 0.0670. The van der Waals surface area contributed by atoms with Crippen molar-refractivity contribution in [2.45, 2.75) is 38.0 Å². The highest BCUT2D eigenvalue weighted by Crippen LogP contribution is 2.40. The molecule has 1 aromatic heterocycles. The van der Waals surface area contributed by atoms with Crippen molar-refractivity contribution >= 4 is 17.8 Å². The molecule has 0 radical (unpaired) electrons. The van der Waals surface area contributed by atoms with Gasteiger partial charge in [-0.3, -0.25) is 0 Å². The van der Waals surface area contributed by atoms with Gasteiger partial charge in [0.1, 0.15) is 19.8 Å². The highest BCUT2D eigenvalue weighted by Gasteiger charge is 2.27. The van der Waals surface area contributed by atoms with Gasteiger partial charge in [-0.2, -0.15) is 0 Å². The molecule has 0 bridgehead atoms. The Morgan fingerprint density at radius 1 is 0.974 bits per heavy atom. The molecule has 0 spiro atoms. The van der Waals surface area contributed by atoms with Crippen LogP contribution in [0.4, 0.5) is 15.3 Å². The van der Waals surface area contributed by atoms with Gasteiger partial charge in [0.2, 0.25) is 5.88 Å². The van der Waals surface area contributed by atoms with Gasteiger partial charge in [-0.1, -0.05) is 36.4 Å². The third-order valence-electron chi connectivity index (χ3n) is 6.41. The predicted molar refractivity (Wildman–Crippen MR) is 141 cm³/mol. The molecule has 3 aromatic rings. The highest BCUT2D eigenvalue weighted by molar-refractivity contribution is 5.90. The fourth-order valence-electron chi connectivity index (χ4n) is 4.62. The van der Waals surface area contributed by atoms with Crippen molar-refractivity contribution in [3.63, 3.8) is 0 Å². The van der Waals surface area contributed by atoms with Gasteiger partial charge in [0.05, 0.1) is 12.8 Å². The first-order valence-corrected chi connectivity index (χ1v) is 12.6. The van der Waals surface area contributed by atoms with Crippen molar-refractivity contribution < 1.29 is 28.5 Å². The molecule has 2 atom stereocenters. The molecule has 10 heteroatoms. The molecule has 1 saturated carbocycles. The van der Waals surface area contributed by atoms with E-state index in [1.165, 1.54) is 7.11 Å². The van der Waals surface area contributed by atoms with E-state index in [1.807, 2.05) is 48.5 Å². The topological polar surface area (TPSA) is 120 Å². The average molecular weight is 519 g/mol. The van der Waals surface area contributed by atoms with Crippen LogP contribution >= 0.6 is 0 Å². The largest absolute Gasteiger partial charge is 0.486 e. The molecule has 198 valence electrons. The number of hydrogen-bond acceptors (Lipinski definition) is 7. The van der Waals surface area contributed by atoms with Crippen molar-refractivity contribution in [3.05, 3.63) is 66.2 Å². The van der Waals surface area contributed by atoms with E-state index >= 15 is 0 Å². The number of aromatic nitrogens is 1. The lowest BCUT2D eigenvalue weighted by Gasteiger charge is -2.21. The first-order valence-electron chi connectivity index (χ1n) is 12.6. The zero-order valence-electron chi connectivity index (χ0n) is 21.1. The Balaban J connectivity index is 1.16. The van der Waals surface area contributed by atoms with E-state index in [-0.39, 0.29) is 24.7 Å². The molecule has 2 heterocycles. The molecule has 10 nitrogen and oxygen atoms in total. The number of urea groups is 1. The summed E-state index contributed by atoms with van der Waals surface area (Å²) < 4.78 is 22.2. The maximum Gasteiger partial charge on any atom is 0.407 e. The number of alkyl carbamates (subject to hydrolysis) is 1. The molecule has 0 saturated heterocycles. The number of amides is 3. The number of carbonyl (C=O) groups excluding carboxylic acids is 2. The predicted octanol–water partition coefficient (Wildman–Crippen LogP) is 4.50. The average Bonchev–Trinajstić information content (AvgIpc) is 3.38. The standard InChI is InChI=1S/C28H30N4O6/c1-35-25-16-21(15-23(32-25)22-8-5-9-24-26(22)37-13-12-36-24)30-27(33)29-19-10-11-20(14-19)31-28(34)38-17-18-6-3-2-4-7-18/h2-9,15-16,19-20H,10-14,17H2,1H3,(H,31,34)(H2,29,30,32,33)/t19-,20?/m1/s1. The number of hydrogen-bond donors (Lipinski definition) is 3. The van der Waals surface area contributed by atoms with Gasteiger partial charge in [-0.15, -0.1) is 0 Å². The van der Waals surface area contributed by atoms with Crippen molar-refractivity contribution in [2.75, 3.05) is 25.6 Å². The quantitative estimate of drug-likeness (QED) is 0.421. The molecule has 2 aromatic carbocycles. The molecule has 38 heavy (non-hydrogen) atoms. The Morgan fingerprint density at radius 3 is 2.58 bits per heavy atom. The second kappa shape index (κ2) is 11.7. The van der Waals surface area contributed by atoms with Crippen LogP contribution in [0.15, 0.2) is 60.7 Å². The van der Waals surface area contributed by atoms with E-state index in [2.05, 4.69) is 20.9 Å². The van der Waals surface area contributed by atoms with Crippen LogP contribution in [0.5, 0.6) is 17.4 Å². The van der Waals surface area contributed by atoms with Crippen LogP contribution < -0.4 is 30.2 Å². The minimum atomic E-state index is -0.460. The summed E-state index contributed by atoms with van der Waals surface area (Å²) in [6, 6.07) is 18.0. The monoisotopic (exact) mass is 518 g/mol. The number of rotatable bonds is 7. The van der Waals surface area contributed by atoms with Crippen LogP contribution in [0.1, 0.15) is 24.8 Å². The van der Waals surface area contributed by atoms with Crippen LogP contribution in [0.25, 0.3) is 11.3 Å². The summed E-state index contributed by atoms with van der Waals surface area (Å²) in [5.74, 6) is 1.62. The molecule has 1 aliphatic heterocycles. The number of methoxy groups -OCH3 is 1. The lowest BCUT2D eigenvalue weighted by molar-refractivity contribution is 0.135. The molecule has 1 fully saturated rings. The number of ether oxygens (including phenoxy) is 4. The lowest BCUT2D eigenvalue weighted by atomic mass is 10.1. The molecule has 2 aliphatic rings. The molecule has 1 aliphatic carbocycles. The van der Waals surface area contributed by atoms with Gasteiger partial charge in [0, 0.05) is 29.4 Å². The molecular weight excluding hydrogens is 488 g/mol. The van der Waals surface area contributed by atoms with Crippen molar-refractivity contribution in [1.82, 2.24) is 15.6 Å². The van der Waals surface area contributed by atoms with Gasteiger partial charge in [-0.25, -0.2) is 14.6 Å². The van der Waals surface area contributed by atoms with E-state index in [9.17, 15) is 9.59 Å². The molecule has 5 rings (SSSR count). The van der Waals surface area contributed by atoms with Gasteiger partial charge in [0.25, 0.3) is 0 Å². The summed E-state index contributed by atoms with van der Waals surface area (Å²) in [6.45, 7) is 1.15. The van der Waals surface area contributed by atoms with Crippen LogP contribution in [-0.2, 0) is 11.3 Å². The van der Waals surface area contributed by atoms with E-state index < -0.39 is 6.09 Å². The number of para-hydroxylation sites is 1. The first-order chi connectivity index (χ1) is 18.6. The summed E-state index contributed by atoms with van der Waals surface area (Å²) >= 11 is 0. The van der Waals surface area contributed by atoms with E-state index in [0.29, 0.717) is 48.4 Å². The molecule has 3 amide bonds. The summed E-state index contributed by atoms with van der Waals surface area (Å²) in [4.78, 5) is 29.5. The van der Waals surface area contributed by atoms with Crippen molar-refractivity contribution in [2.24, 2.45) is 0 Å². The number of nitrogens with zero attached hydrogens (tertiary/aromatic N) is 1. The highest BCUT2D eigenvalue weighted by atomic mass is 16.6. The van der Waals surface area contributed by atoms with E-state index in [0.717, 1.165) is 24.0 Å². The second-order valence-electron chi connectivity index (χ2n) is 9.12. The normalized spacial score (nSPS) is 17.8. The Labute approximate surface area is 220 Å². The second-order valence-corrected chi connectivity index (χ2v) is 9.12. The van der Waals surface area contributed by atoms with Crippen molar-refractivity contribution in [3.8, 4) is 28.6 Å². The van der Waals surface area contributed by atoms with Crippen LogP contribution in [0.2, 0.25) is 0 Å². The van der Waals surface area contributed by atoms with Gasteiger partial charge in [-0.05, 0) is 43.0 Å². The van der Waals surface area contributed by atoms with Crippen molar-refractivity contribution in [1.29, 1.82) is 0 Å². The number of fused-ring (bicyclic) bond motifs is 1. The Morgan fingerprint density at radius 2 is 1.76 bits per heavy atom. The van der Waals surface area contributed by atoms with Crippen LogP contribution in [0, 0.1) is 0 Å². The number of nitrogens with one attached hydrogen (secondary N) is 3. The van der Waals surface area contributed by atoms with Crippen LogP contribution in [-0.4, -0.2) is 49.5 Å². The molecule has 1 unspecified atom stereocenters. The third-order valence-corrected chi connectivity index (χ3v) is 6.41. The summed E-state index contributed by atoms with van der Waals surface area (Å²) in [5.41, 5.74) is 2.78. The van der Waals surface area contributed by atoms with Gasteiger partial charge in [0.15, 0.2) is 11.5 Å². The van der Waals surface area contributed by atoms with Gasteiger partial charge >= 0.3 is 12.1 Å². The molecular formula is C28H30N4O6. The number of anilines is 1. The summed E-state index contributed by atoms with van der Waals surface area (Å²) in [7, 11) is 1.52. The van der Waals surface area contributed by atoms with Crippen LogP contribution in [0.3, 0.4) is 0 Å². The zero-order valence-corrected chi connectivity index (χ0v) is 21.1. The van der Waals surface area contributed by atoms with Gasteiger partial charge < -0.3 is 34.9 Å². The first kappa shape index (κ1) is 25.2. The number of benzene rings is 2. The Kier molecular flexibility index (Phi) is 7.77. The fourth-order valence-corrected chi connectivity index (χ4v) is 4.62. The smallest absolute Gasteiger partial charge is 0.407 e. The summed E-state index contributed by atoms with van der Waals surface area (Å²) in [5, 5.41) is 8.75. The fraction of sp³-hybridized carbons (Fsp3) is 0.321. The van der Waals surface area contributed by atoms with E-state index in [4.69, 9.17) is 18.9 Å². The Hall–Kier alpha value is -4.47. The lowest BCUT2D eigenvalue weighted by Crippen LogP contribution is -2.39. The maximum absolute atomic E-state index is 12.8.